The molecule has 1 saturated heterocycles. The molecule has 1 aromatic carbocycles. The fraction of sp³-hybridized carbons (Fsp3) is 0.421. The first-order chi connectivity index (χ1) is 13.0. The highest BCUT2D eigenvalue weighted by Gasteiger charge is 2.23. The van der Waals surface area contributed by atoms with Gasteiger partial charge in [-0.2, -0.15) is 0 Å². The van der Waals surface area contributed by atoms with Crippen molar-refractivity contribution >= 4 is 23.2 Å². The van der Waals surface area contributed by atoms with Crippen LogP contribution in [0.15, 0.2) is 40.5 Å². The van der Waals surface area contributed by atoms with Crippen LogP contribution in [-0.4, -0.2) is 58.9 Å². The van der Waals surface area contributed by atoms with E-state index >= 15 is 0 Å². The number of piperazine rings is 1. The lowest BCUT2D eigenvalue weighted by molar-refractivity contribution is -0.134. The fourth-order valence-corrected chi connectivity index (χ4v) is 3.78. The number of nitrogens with one attached hydrogen (secondary N) is 1. The minimum absolute atomic E-state index is 0.0147. The van der Waals surface area contributed by atoms with Crippen molar-refractivity contribution in [3.05, 3.63) is 56.6 Å². The topological polar surface area (TPSA) is 74.7 Å². The van der Waals surface area contributed by atoms with E-state index in [1.807, 2.05) is 42.2 Å². The summed E-state index contributed by atoms with van der Waals surface area (Å²) >= 11 is 1.11. The van der Waals surface area contributed by atoms with Crippen LogP contribution in [0, 0.1) is 6.92 Å². The maximum absolute atomic E-state index is 12.4. The van der Waals surface area contributed by atoms with Gasteiger partial charge in [-0.3, -0.25) is 23.9 Å². The Balaban J connectivity index is 1.41. The zero-order chi connectivity index (χ0) is 19.2. The number of aryl methyl sites for hydroxylation is 1. The molecule has 27 heavy (non-hydrogen) atoms. The lowest BCUT2D eigenvalue weighted by Gasteiger charge is -2.34. The number of rotatable bonds is 6. The van der Waals surface area contributed by atoms with E-state index in [1.54, 1.807) is 10.3 Å². The van der Waals surface area contributed by atoms with E-state index in [0.717, 1.165) is 22.6 Å². The molecule has 0 aliphatic carbocycles. The Morgan fingerprint density at radius 1 is 1.07 bits per heavy atom. The van der Waals surface area contributed by atoms with Gasteiger partial charge in [0.1, 0.15) is 6.54 Å². The van der Waals surface area contributed by atoms with Crippen molar-refractivity contribution in [2.75, 3.05) is 32.7 Å². The van der Waals surface area contributed by atoms with Gasteiger partial charge < -0.3 is 10.2 Å². The van der Waals surface area contributed by atoms with Crippen LogP contribution in [0.1, 0.15) is 11.3 Å². The second kappa shape index (κ2) is 8.96. The van der Waals surface area contributed by atoms with Gasteiger partial charge in [0.05, 0.1) is 6.54 Å². The molecule has 2 amide bonds. The van der Waals surface area contributed by atoms with E-state index in [0.29, 0.717) is 39.3 Å². The Morgan fingerprint density at radius 2 is 1.78 bits per heavy atom. The van der Waals surface area contributed by atoms with Gasteiger partial charge in [0.2, 0.25) is 11.8 Å². The van der Waals surface area contributed by atoms with Crippen LogP contribution in [-0.2, 0) is 22.7 Å². The number of aromatic nitrogens is 1. The van der Waals surface area contributed by atoms with E-state index in [9.17, 15) is 14.4 Å². The molecular formula is C19H24N4O3S. The molecule has 0 unspecified atom stereocenters. The number of benzene rings is 1. The van der Waals surface area contributed by atoms with Gasteiger partial charge in [-0.1, -0.05) is 41.7 Å². The summed E-state index contributed by atoms with van der Waals surface area (Å²) in [6, 6.07) is 9.80. The van der Waals surface area contributed by atoms with Crippen molar-refractivity contribution in [3.63, 3.8) is 0 Å². The molecular weight excluding hydrogens is 364 g/mol. The van der Waals surface area contributed by atoms with Gasteiger partial charge >= 0.3 is 4.87 Å². The lowest BCUT2D eigenvalue weighted by Crippen LogP contribution is -2.52. The number of hydrogen-bond donors (Lipinski definition) is 1. The van der Waals surface area contributed by atoms with Crippen molar-refractivity contribution in [3.8, 4) is 0 Å². The molecule has 1 aliphatic rings. The quantitative estimate of drug-likeness (QED) is 0.790. The summed E-state index contributed by atoms with van der Waals surface area (Å²) in [5.41, 5.74) is 1.88. The van der Waals surface area contributed by atoms with Gasteiger partial charge in [-0.25, -0.2) is 0 Å². The third-order valence-corrected chi connectivity index (χ3v) is 5.58. The Bertz CT molecular complexity index is 838. The highest BCUT2D eigenvalue weighted by Crippen LogP contribution is 2.05. The highest BCUT2D eigenvalue weighted by atomic mass is 32.1. The summed E-state index contributed by atoms with van der Waals surface area (Å²) in [6.45, 7) is 5.23. The molecule has 1 fully saturated rings. The Labute approximate surface area is 162 Å². The first-order valence-corrected chi connectivity index (χ1v) is 9.86. The maximum Gasteiger partial charge on any atom is 0.307 e. The Morgan fingerprint density at radius 3 is 2.41 bits per heavy atom. The second-order valence-electron chi connectivity index (χ2n) is 6.65. The summed E-state index contributed by atoms with van der Waals surface area (Å²) < 4.78 is 1.51. The summed E-state index contributed by atoms with van der Waals surface area (Å²) in [4.78, 5) is 40.0. The van der Waals surface area contributed by atoms with Crippen LogP contribution in [0.3, 0.4) is 0 Å². The van der Waals surface area contributed by atoms with Crippen LogP contribution in [0.5, 0.6) is 0 Å². The van der Waals surface area contributed by atoms with Crippen LogP contribution < -0.4 is 10.2 Å². The summed E-state index contributed by atoms with van der Waals surface area (Å²) in [5.74, 6) is -0.0640. The number of hydrogen-bond acceptors (Lipinski definition) is 5. The third-order valence-electron chi connectivity index (χ3n) is 4.69. The monoisotopic (exact) mass is 388 g/mol. The minimum Gasteiger partial charge on any atom is -0.351 e. The van der Waals surface area contributed by atoms with Crippen LogP contribution >= 0.6 is 11.3 Å². The van der Waals surface area contributed by atoms with Gasteiger partial charge in [0, 0.05) is 43.8 Å². The van der Waals surface area contributed by atoms with Gasteiger partial charge in [-0.15, -0.1) is 0 Å². The number of carbonyl (C=O) groups excluding carboxylic acids is 2. The van der Waals surface area contributed by atoms with Crippen molar-refractivity contribution < 1.29 is 9.59 Å². The molecule has 0 atom stereocenters. The SMILES string of the molecule is Cc1csc(=O)n1CC(=O)N1CCN(CC(=O)NCc2ccccc2)CC1. The van der Waals surface area contributed by atoms with Crippen LogP contribution in [0.25, 0.3) is 0 Å². The van der Waals surface area contributed by atoms with Crippen molar-refractivity contribution in [1.82, 2.24) is 19.7 Å². The average Bonchev–Trinajstić information content (AvgIpc) is 3.00. The molecule has 0 spiro atoms. The van der Waals surface area contributed by atoms with E-state index < -0.39 is 0 Å². The minimum atomic E-state index is -0.102. The molecule has 2 heterocycles. The maximum atomic E-state index is 12.4. The largest absolute Gasteiger partial charge is 0.351 e. The molecule has 0 radical (unpaired) electrons. The molecule has 3 rings (SSSR count). The van der Waals surface area contributed by atoms with E-state index in [1.165, 1.54) is 4.57 Å². The van der Waals surface area contributed by atoms with Crippen molar-refractivity contribution in [1.29, 1.82) is 0 Å². The van der Waals surface area contributed by atoms with Crippen molar-refractivity contribution in [2.45, 2.75) is 20.0 Å². The Hall–Kier alpha value is -2.45. The standard InChI is InChI=1S/C19H24N4O3S/c1-15-14-27-19(26)23(15)13-18(25)22-9-7-21(8-10-22)12-17(24)20-11-16-5-3-2-4-6-16/h2-6,14H,7-13H2,1H3,(H,20,24). The molecule has 1 aliphatic heterocycles. The summed E-state index contributed by atoms with van der Waals surface area (Å²) in [5, 5.41) is 4.69. The molecule has 1 N–H and O–H groups in total. The predicted octanol–water partition coefficient (Wildman–Crippen LogP) is 0.679. The summed E-state index contributed by atoms with van der Waals surface area (Å²) in [7, 11) is 0. The van der Waals surface area contributed by atoms with Gasteiger partial charge in [0.15, 0.2) is 0 Å². The first-order valence-electron chi connectivity index (χ1n) is 8.98. The van der Waals surface area contributed by atoms with Crippen molar-refractivity contribution in [2.24, 2.45) is 0 Å². The predicted molar refractivity (Wildman–Crippen MR) is 105 cm³/mol. The number of thiazole rings is 1. The zero-order valence-corrected chi connectivity index (χ0v) is 16.2. The van der Waals surface area contributed by atoms with Crippen LogP contribution in [0.2, 0.25) is 0 Å². The first kappa shape index (κ1) is 19.3. The van der Waals surface area contributed by atoms with E-state index in [-0.39, 0.29) is 23.2 Å². The van der Waals surface area contributed by atoms with Crippen LogP contribution in [0.4, 0.5) is 0 Å². The number of amides is 2. The zero-order valence-electron chi connectivity index (χ0n) is 15.4. The third kappa shape index (κ3) is 5.27. The molecule has 0 bridgehead atoms. The van der Waals surface area contributed by atoms with Gasteiger partial charge in [-0.05, 0) is 12.5 Å². The Kier molecular flexibility index (Phi) is 6.41. The molecule has 1 aromatic heterocycles. The molecule has 7 nitrogen and oxygen atoms in total. The lowest BCUT2D eigenvalue weighted by atomic mass is 10.2. The fourth-order valence-electron chi connectivity index (χ4n) is 3.04. The normalized spacial score (nSPS) is 14.9. The van der Waals surface area contributed by atoms with E-state index in [2.05, 4.69) is 5.32 Å². The second-order valence-corrected chi connectivity index (χ2v) is 7.47. The highest BCUT2D eigenvalue weighted by molar-refractivity contribution is 7.07. The smallest absolute Gasteiger partial charge is 0.307 e. The van der Waals surface area contributed by atoms with Gasteiger partial charge in [0.25, 0.3) is 0 Å². The number of nitrogens with zero attached hydrogens (tertiary/aromatic N) is 3. The average molecular weight is 388 g/mol. The number of carbonyl (C=O) groups is 2. The molecule has 0 saturated carbocycles. The molecule has 2 aromatic rings. The van der Waals surface area contributed by atoms with E-state index in [4.69, 9.17) is 0 Å². The molecule has 8 heteroatoms. The molecule has 144 valence electrons. The summed E-state index contributed by atoms with van der Waals surface area (Å²) in [6.07, 6.45) is 0.